The largest absolute Gasteiger partial charge is 0.490 e. The number of carbonyl (C=O) groups excluding carboxylic acids is 2. The van der Waals surface area contributed by atoms with Crippen LogP contribution in [0.3, 0.4) is 0 Å². The van der Waals surface area contributed by atoms with Crippen LogP contribution in [-0.2, 0) is 16.1 Å². The van der Waals surface area contributed by atoms with E-state index in [9.17, 15) is 18.4 Å². The van der Waals surface area contributed by atoms with Crippen LogP contribution >= 0.6 is 11.6 Å². The number of hydrogen-bond donors (Lipinski definition) is 1. The first-order chi connectivity index (χ1) is 13.4. The fraction of sp³-hybridized carbons (Fsp3) is 0.263. The first kappa shape index (κ1) is 21.4. The van der Waals surface area contributed by atoms with E-state index >= 15 is 0 Å². The van der Waals surface area contributed by atoms with Crippen LogP contribution in [0.4, 0.5) is 8.78 Å². The number of benzene rings is 2. The van der Waals surface area contributed by atoms with Crippen LogP contribution in [0.1, 0.15) is 22.8 Å². The fourth-order valence-corrected chi connectivity index (χ4v) is 2.29. The van der Waals surface area contributed by atoms with Crippen molar-refractivity contribution >= 4 is 23.5 Å². The highest BCUT2D eigenvalue weighted by atomic mass is 35.5. The molecule has 2 aromatic rings. The minimum absolute atomic E-state index is 0.0237. The van der Waals surface area contributed by atoms with Gasteiger partial charge in [-0.3, -0.25) is 4.79 Å². The van der Waals surface area contributed by atoms with Gasteiger partial charge in [0, 0.05) is 11.6 Å². The van der Waals surface area contributed by atoms with Crippen molar-refractivity contribution in [2.45, 2.75) is 20.1 Å². The lowest BCUT2D eigenvalue weighted by molar-refractivity contribution is -0.124. The van der Waals surface area contributed by atoms with Gasteiger partial charge in [0.2, 0.25) is 0 Å². The monoisotopic (exact) mass is 413 g/mol. The maximum atomic E-state index is 12.4. The highest BCUT2D eigenvalue weighted by Gasteiger charge is 2.16. The maximum Gasteiger partial charge on any atom is 0.387 e. The molecule has 0 aromatic heterocycles. The molecule has 0 fully saturated rings. The normalized spacial score (nSPS) is 10.5. The molecule has 1 N–H and O–H groups in total. The molecule has 0 aliphatic carbocycles. The summed E-state index contributed by atoms with van der Waals surface area (Å²) in [5.74, 6) is -1.52. The molecule has 0 bridgehead atoms. The van der Waals surface area contributed by atoms with Crippen molar-refractivity contribution in [1.82, 2.24) is 5.32 Å². The molecule has 0 unspecified atom stereocenters. The number of halogens is 3. The molecule has 6 nitrogen and oxygen atoms in total. The molecular weight excluding hydrogens is 396 g/mol. The van der Waals surface area contributed by atoms with E-state index in [1.54, 1.807) is 31.2 Å². The number of alkyl halides is 2. The van der Waals surface area contributed by atoms with Gasteiger partial charge in [0.25, 0.3) is 5.91 Å². The summed E-state index contributed by atoms with van der Waals surface area (Å²) < 4.78 is 39.3. The van der Waals surface area contributed by atoms with Gasteiger partial charge in [0.1, 0.15) is 0 Å². The Balaban J connectivity index is 1.89. The first-order valence-electron chi connectivity index (χ1n) is 8.29. The molecular formula is C19H18ClF2NO5. The molecule has 0 aliphatic rings. The van der Waals surface area contributed by atoms with E-state index in [0.29, 0.717) is 5.02 Å². The molecule has 0 radical (unpaired) electrons. The Morgan fingerprint density at radius 2 is 1.82 bits per heavy atom. The van der Waals surface area contributed by atoms with Crippen LogP contribution < -0.4 is 14.8 Å². The smallest absolute Gasteiger partial charge is 0.387 e. The lowest BCUT2D eigenvalue weighted by atomic mass is 10.2. The molecule has 150 valence electrons. The van der Waals surface area contributed by atoms with Gasteiger partial charge in [0.15, 0.2) is 18.1 Å². The van der Waals surface area contributed by atoms with E-state index in [0.717, 1.165) is 5.56 Å². The Morgan fingerprint density at radius 1 is 1.11 bits per heavy atom. The topological polar surface area (TPSA) is 73.9 Å². The van der Waals surface area contributed by atoms with Gasteiger partial charge in [-0.05, 0) is 42.8 Å². The van der Waals surface area contributed by atoms with Gasteiger partial charge in [-0.25, -0.2) is 4.79 Å². The standard InChI is InChI=1S/C19H18ClF2NO5/c1-2-26-16-9-13(5-8-15(16)28-19(21)22)18(25)27-11-17(24)23-10-12-3-6-14(20)7-4-12/h3-9,19H,2,10-11H2,1H3,(H,23,24). The van der Waals surface area contributed by atoms with Crippen molar-refractivity contribution in [2.24, 2.45) is 0 Å². The molecule has 0 heterocycles. The van der Waals surface area contributed by atoms with E-state index < -0.39 is 25.1 Å². The average Bonchev–Trinajstić information content (AvgIpc) is 2.66. The van der Waals surface area contributed by atoms with Gasteiger partial charge < -0.3 is 19.5 Å². The zero-order chi connectivity index (χ0) is 20.5. The van der Waals surface area contributed by atoms with Gasteiger partial charge >= 0.3 is 12.6 Å². The number of rotatable bonds is 9. The Bertz CT molecular complexity index is 814. The van der Waals surface area contributed by atoms with E-state index in [-0.39, 0.29) is 30.2 Å². The number of esters is 1. The van der Waals surface area contributed by atoms with E-state index in [2.05, 4.69) is 10.1 Å². The summed E-state index contributed by atoms with van der Waals surface area (Å²) in [5, 5.41) is 3.18. The second-order valence-corrected chi connectivity index (χ2v) is 5.89. The van der Waals surface area contributed by atoms with Crippen molar-refractivity contribution in [1.29, 1.82) is 0 Å². The maximum absolute atomic E-state index is 12.4. The van der Waals surface area contributed by atoms with Crippen LogP contribution in [0.25, 0.3) is 0 Å². The van der Waals surface area contributed by atoms with E-state index in [4.69, 9.17) is 21.1 Å². The zero-order valence-electron chi connectivity index (χ0n) is 14.9. The minimum atomic E-state index is -3.03. The summed E-state index contributed by atoms with van der Waals surface area (Å²) >= 11 is 5.78. The van der Waals surface area contributed by atoms with Crippen molar-refractivity contribution in [3.05, 3.63) is 58.6 Å². The van der Waals surface area contributed by atoms with Gasteiger partial charge in [-0.2, -0.15) is 8.78 Å². The summed E-state index contributed by atoms with van der Waals surface area (Å²) in [6.45, 7) is -1.43. The van der Waals surface area contributed by atoms with Crippen molar-refractivity contribution in [2.75, 3.05) is 13.2 Å². The summed E-state index contributed by atoms with van der Waals surface area (Å²) in [6, 6.07) is 10.5. The van der Waals surface area contributed by atoms with Crippen LogP contribution in [0.5, 0.6) is 11.5 Å². The van der Waals surface area contributed by atoms with Crippen molar-refractivity contribution in [3.63, 3.8) is 0 Å². The molecule has 9 heteroatoms. The van der Waals surface area contributed by atoms with Gasteiger partial charge in [0.05, 0.1) is 12.2 Å². The lowest BCUT2D eigenvalue weighted by Crippen LogP contribution is -2.28. The molecule has 28 heavy (non-hydrogen) atoms. The van der Waals surface area contributed by atoms with Crippen molar-refractivity contribution in [3.8, 4) is 11.5 Å². The summed E-state index contributed by atoms with van der Waals surface area (Å²) in [7, 11) is 0. The van der Waals surface area contributed by atoms with Crippen LogP contribution in [0.15, 0.2) is 42.5 Å². The first-order valence-corrected chi connectivity index (χ1v) is 8.66. The zero-order valence-corrected chi connectivity index (χ0v) is 15.7. The predicted molar refractivity (Wildman–Crippen MR) is 97.8 cm³/mol. The van der Waals surface area contributed by atoms with Crippen LogP contribution in [-0.4, -0.2) is 31.7 Å². The second kappa shape index (κ2) is 10.5. The molecule has 2 rings (SSSR count). The van der Waals surface area contributed by atoms with Gasteiger partial charge in [-0.1, -0.05) is 23.7 Å². The second-order valence-electron chi connectivity index (χ2n) is 5.45. The van der Waals surface area contributed by atoms with Crippen molar-refractivity contribution < 1.29 is 32.6 Å². The molecule has 1 amide bonds. The predicted octanol–water partition coefficient (Wildman–Crippen LogP) is 3.81. The third-order valence-corrected chi connectivity index (χ3v) is 3.68. The number of ether oxygens (including phenoxy) is 3. The lowest BCUT2D eigenvalue weighted by Gasteiger charge is -2.12. The number of amides is 1. The number of nitrogens with one attached hydrogen (secondary N) is 1. The van der Waals surface area contributed by atoms with E-state index in [1.165, 1.54) is 18.2 Å². The number of hydrogen-bond acceptors (Lipinski definition) is 5. The average molecular weight is 414 g/mol. The summed E-state index contributed by atoms with van der Waals surface area (Å²) in [4.78, 5) is 23.9. The molecule has 0 saturated heterocycles. The summed E-state index contributed by atoms with van der Waals surface area (Å²) in [5.41, 5.74) is 0.871. The van der Waals surface area contributed by atoms with Crippen LogP contribution in [0.2, 0.25) is 5.02 Å². The molecule has 2 aromatic carbocycles. The minimum Gasteiger partial charge on any atom is -0.490 e. The van der Waals surface area contributed by atoms with Gasteiger partial charge in [-0.15, -0.1) is 0 Å². The fourth-order valence-electron chi connectivity index (χ4n) is 2.17. The molecule has 0 spiro atoms. The third kappa shape index (κ3) is 6.70. The Hall–Kier alpha value is -2.87. The van der Waals surface area contributed by atoms with Crippen LogP contribution in [0, 0.1) is 0 Å². The molecule has 0 atom stereocenters. The Labute approximate surface area is 165 Å². The van der Waals surface area contributed by atoms with E-state index in [1.807, 2.05) is 0 Å². The highest BCUT2D eigenvalue weighted by Crippen LogP contribution is 2.30. The molecule has 0 saturated carbocycles. The summed E-state index contributed by atoms with van der Waals surface area (Å²) in [6.07, 6.45) is 0. The third-order valence-electron chi connectivity index (χ3n) is 3.43. The Kier molecular flexibility index (Phi) is 8.01. The molecule has 0 aliphatic heterocycles. The highest BCUT2D eigenvalue weighted by molar-refractivity contribution is 6.30. The number of carbonyl (C=O) groups is 2. The quantitative estimate of drug-likeness (QED) is 0.633. The SMILES string of the molecule is CCOc1cc(C(=O)OCC(=O)NCc2ccc(Cl)cc2)ccc1OC(F)F. The Morgan fingerprint density at radius 3 is 2.46 bits per heavy atom.